The molecule has 14 heavy (non-hydrogen) atoms. The molecule has 1 rings (SSSR count). The van der Waals surface area contributed by atoms with Crippen molar-refractivity contribution < 1.29 is 0 Å². The van der Waals surface area contributed by atoms with Crippen LogP contribution in [0.25, 0.3) is 0 Å². The van der Waals surface area contributed by atoms with Crippen molar-refractivity contribution in [2.45, 2.75) is 51.5 Å². The lowest BCUT2D eigenvalue weighted by Gasteiger charge is -2.22. The molecule has 0 aromatic carbocycles. The summed E-state index contributed by atoms with van der Waals surface area (Å²) in [4.78, 5) is 0. The van der Waals surface area contributed by atoms with Crippen LogP contribution in [0, 0.1) is 11.8 Å². The molecule has 0 aliphatic heterocycles. The maximum atomic E-state index is 5.60. The molecule has 3 unspecified atom stereocenters. The van der Waals surface area contributed by atoms with Crippen LogP contribution in [0.1, 0.15) is 45.4 Å². The first-order valence-electron chi connectivity index (χ1n) is 5.88. The minimum absolute atomic E-state index is 0.504. The molecule has 0 spiro atoms. The van der Waals surface area contributed by atoms with Crippen LogP contribution in [0.5, 0.6) is 0 Å². The van der Waals surface area contributed by atoms with Gasteiger partial charge in [0.25, 0.3) is 0 Å². The van der Waals surface area contributed by atoms with Gasteiger partial charge in [-0.15, -0.1) is 6.58 Å². The van der Waals surface area contributed by atoms with Gasteiger partial charge in [0.2, 0.25) is 0 Å². The van der Waals surface area contributed by atoms with Crippen LogP contribution in [0.15, 0.2) is 12.7 Å². The van der Waals surface area contributed by atoms with Crippen molar-refractivity contribution in [3.05, 3.63) is 12.7 Å². The van der Waals surface area contributed by atoms with E-state index in [1.165, 1.54) is 25.7 Å². The largest absolute Gasteiger partial charge is 0.271 e. The van der Waals surface area contributed by atoms with E-state index in [1.807, 2.05) is 6.08 Å². The van der Waals surface area contributed by atoms with Crippen LogP contribution in [-0.4, -0.2) is 6.04 Å². The topological polar surface area (TPSA) is 38.0 Å². The third kappa shape index (κ3) is 3.10. The number of nitrogens with one attached hydrogen (secondary N) is 1. The minimum atomic E-state index is 0.504. The zero-order valence-electron chi connectivity index (χ0n) is 9.34. The Bertz CT molecular complexity index is 168. The zero-order valence-corrected chi connectivity index (χ0v) is 9.34. The highest BCUT2D eigenvalue weighted by atomic mass is 15.2. The molecule has 82 valence electrons. The molecule has 0 radical (unpaired) electrons. The molecule has 1 saturated carbocycles. The summed E-state index contributed by atoms with van der Waals surface area (Å²) in [7, 11) is 0. The van der Waals surface area contributed by atoms with Gasteiger partial charge in [0.15, 0.2) is 0 Å². The first-order valence-corrected chi connectivity index (χ1v) is 5.88. The Labute approximate surface area is 87.9 Å². The van der Waals surface area contributed by atoms with E-state index in [0.29, 0.717) is 6.04 Å². The van der Waals surface area contributed by atoms with Crippen molar-refractivity contribution in [2.75, 3.05) is 0 Å². The van der Waals surface area contributed by atoms with E-state index >= 15 is 0 Å². The fourth-order valence-corrected chi connectivity index (χ4v) is 2.60. The lowest BCUT2D eigenvalue weighted by Crippen LogP contribution is -2.40. The second-order valence-electron chi connectivity index (χ2n) is 4.49. The number of rotatable bonds is 6. The number of hydrazine groups is 1. The molecular weight excluding hydrogens is 172 g/mol. The van der Waals surface area contributed by atoms with E-state index < -0.39 is 0 Å². The number of allylic oxidation sites excluding steroid dienone is 1. The molecule has 2 heteroatoms. The van der Waals surface area contributed by atoms with E-state index in [1.54, 1.807) is 0 Å². The molecule has 1 fully saturated rings. The normalized spacial score (nSPS) is 29.0. The second-order valence-corrected chi connectivity index (χ2v) is 4.49. The molecule has 2 nitrogen and oxygen atoms in total. The standard InChI is InChI=1S/C12H24N2/c1-3-5-6-12(14-13)11-8-7-10(4-2)9-11/h3,10-12,14H,1,4-9,13H2,2H3. The van der Waals surface area contributed by atoms with Gasteiger partial charge in [-0.25, -0.2) is 0 Å². The number of hydrogen-bond acceptors (Lipinski definition) is 2. The molecule has 0 bridgehead atoms. The van der Waals surface area contributed by atoms with Gasteiger partial charge >= 0.3 is 0 Å². The van der Waals surface area contributed by atoms with Crippen LogP contribution in [0.3, 0.4) is 0 Å². The summed E-state index contributed by atoms with van der Waals surface area (Å²) < 4.78 is 0. The lowest BCUT2D eigenvalue weighted by molar-refractivity contribution is 0.335. The molecule has 1 aliphatic rings. The molecule has 1 aliphatic carbocycles. The Morgan fingerprint density at radius 1 is 1.57 bits per heavy atom. The first-order chi connectivity index (χ1) is 6.81. The van der Waals surface area contributed by atoms with E-state index in [4.69, 9.17) is 5.84 Å². The van der Waals surface area contributed by atoms with Crippen molar-refractivity contribution in [3.8, 4) is 0 Å². The molecule has 0 heterocycles. The van der Waals surface area contributed by atoms with E-state index in [0.717, 1.165) is 24.7 Å². The maximum Gasteiger partial charge on any atom is 0.0241 e. The van der Waals surface area contributed by atoms with Crippen molar-refractivity contribution >= 4 is 0 Å². The molecule has 0 aromatic heterocycles. The number of hydrogen-bond donors (Lipinski definition) is 2. The Kier molecular flexibility index (Phi) is 5.20. The van der Waals surface area contributed by atoms with Gasteiger partial charge in [0.1, 0.15) is 0 Å². The van der Waals surface area contributed by atoms with E-state index in [2.05, 4.69) is 18.9 Å². The predicted octanol–water partition coefficient (Wildman–Crippen LogP) is 2.61. The third-order valence-corrected chi connectivity index (χ3v) is 3.62. The van der Waals surface area contributed by atoms with Crippen molar-refractivity contribution in [1.29, 1.82) is 0 Å². The van der Waals surface area contributed by atoms with Gasteiger partial charge in [-0.1, -0.05) is 25.8 Å². The SMILES string of the molecule is C=CCCC(NN)C1CCC(CC)C1. The Morgan fingerprint density at radius 3 is 2.86 bits per heavy atom. The van der Waals surface area contributed by atoms with Gasteiger partial charge in [-0.2, -0.15) is 0 Å². The van der Waals surface area contributed by atoms with Crippen LogP contribution in [0.2, 0.25) is 0 Å². The van der Waals surface area contributed by atoms with E-state index in [-0.39, 0.29) is 0 Å². The highest BCUT2D eigenvalue weighted by molar-refractivity contribution is 4.84. The van der Waals surface area contributed by atoms with E-state index in [9.17, 15) is 0 Å². The van der Waals surface area contributed by atoms with Crippen molar-refractivity contribution in [2.24, 2.45) is 17.7 Å². The molecule has 0 aromatic rings. The average Bonchev–Trinajstić information content (AvgIpc) is 2.68. The predicted molar refractivity (Wildman–Crippen MR) is 61.7 cm³/mol. The van der Waals surface area contributed by atoms with Crippen molar-refractivity contribution in [3.63, 3.8) is 0 Å². The maximum absolute atomic E-state index is 5.60. The Morgan fingerprint density at radius 2 is 2.36 bits per heavy atom. The summed E-state index contributed by atoms with van der Waals surface area (Å²) in [6.45, 7) is 6.05. The fourth-order valence-electron chi connectivity index (χ4n) is 2.60. The summed E-state index contributed by atoms with van der Waals surface area (Å²) >= 11 is 0. The van der Waals surface area contributed by atoms with Crippen LogP contribution in [-0.2, 0) is 0 Å². The Hall–Kier alpha value is -0.340. The summed E-state index contributed by atoms with van der Waals surface area (Å²) in [5.74, 6) is 7.34. The lowest BCUT2D eigenvalue weighted by atomic mass is 9.93. The molecule has 0 saturated heterocycles. The highest BCUT2D eigenvalue weighted by Gasteiger charge is 2.28. The average molecular weight is 196 g/mol. The monoisotopic (exact) mass is 196 g/mol. The molecule has 3 N–H and O–H groups in total. The van der Waals surface area contributed by atoms with Gasteiger partial charge in [0.05, 0.1) is 0 Å². The van der Waals surface area contributed by atoms with Crippen LogP contribution >= 0.6 is 0 Å². The first kappa shape index (κ1) is 11.7. The van der Waals surface area contributed by atoms with Crippen LogP contribution < -0.4 is 11.3 Å². The Balaban J connectivity index is 2.33. The van der Waals surface area contributed by atoms with Gasteiger partial charge in [-0.3, -0.25) is 11.3 Å². The molecular formula is C12H24N2. The summed E-state index contributed by atoms with van der Waals surface area (Å²) in [5, 5.41) is 0. The molecule has 0 amide bonds. The second kappa shape index (κ2) is 6.20. The number of nitrogens with two attached hydrogens (primary N) is 1. The minimum Gasteiger partial charge on any atom is -0.271 e. The summed E-state index contributed by atoms with van der Waals surface area (Å²) in [6, 6.07) is 0.504. The van der Waals surface area contributed by atoms with Crippen LogP contribution in [0.4, 0.5) is 0 Å². The molecule has 3 atom stereocenters. The summed E-state index contributed by atoms with van der Waals surface area (Å²) in [5.41, 5.74) is 2.98. The fraction of sp³-hybridized carbons (Fsp3) is 0.833. The third-order valence-electron chi connectivity index (χ3n) is 3.62. The summed E-state index contributed by atoms with van der Waals surface area (Å²) in [6.07, 6.45) is 9.63. The van der Waals surface area contributed by atoms with Gasteiger partial charge in [-0.05, 0) is 37.5 Å². The quantitative estimate of drug-likeness (QED) is 0.389. The zero-order chi connectivity index (χ0) is 10.4. The highest BCUT2D eigenvalue weighted by Crippen LogP contribution is 2.35. The van der Waals surface area contributed by atoms with Crippen molar-refractivity contribution in [1.82, 2.24) is 5.43 Å². The van der Waals surface area contributed by atoms with Gasteiger partial charge < -0.3 is 0 Å². The van der Waals surface area contributed by atoms with Gasteiger partial charge in [0, 0.05) is 6.04 Å². The smallest absolute Gasteiger partial charge is 0.0241 e.